The summed E-state index contributed by atoms with van der Waals surface area (Å²) in [6, 6.07) is 21.3. The average Bonchev–Trinajstić information content (AvgIpc) is 3.64. The summed E-state index contributed by atoms with van der Waals surface area (Å²) < 4.78 is 9.24. The third-order valence-electron chi connectivity index (χ3n) is 6.95. The van der Waals surface area contributed by atoms with Crippen molar-refractivity contribution >= 4 is 32.5 Å². The highest BCUT2D eigenvalue weighted by Gasteiger charge is 2.27. The summed E-state index contributed by atoms with van der Waals surface area (Å²) in [5.74, 6) is 0.917. The van der Waals surface area contributed by atoms with E-state index in [1.165, 1.54) is 21.1 Å². The van der Waals surface area contributed by atoms with Crippen LogP contribution in [-0.2, 0) is 18.6 Å². The van der Waals surface area contributed by atoms with Crippen molar-refractivity contribution in [3.63, 3.8) is 0 Å². The van der Waals surface area contributed by atoms with Crippen molar-refractivity contribution in [2.24, 2.45) is 5.73 Å². The molecule has 3 aromatic carbocycles. The molecule has 6 aromatic rings. The highest BCUT2D eigenvalue weighted by Crippen LogP contribution is 2.36. The number of aliphatic hydroxyl groups is 1. The van der Waals surface area contributed by atoms with Gasteiger partial charge in [-0.2, -0.15) is 14.9 Å². The first kappa shape index (κ1) is 27.3. The van der Waals surface area contributed by atoms with Gasteiger partial charge in [0, 0.05) is 16.5 Å². The Morgan fingerprint density at radius 3 is 2.48 bits per heavy atom. The van der Waals surface area contributed by atoms with Crippen LogP contribution in [0.4, 0.5) is 4.79 Å². The number of aliphatic hydroxyl groups excluding tert-OH is 1. The number of benzene rings is 3. The van der Waals surface area contributed by atoms with Gasteiger partial charge in [-0.1, -0.05) is 74.6 Å². The maximum atomic E-state index is 12.8. The van der Waals surface area contributed by atoms with Gasteiger partial charge in [0.05, 0.1) is 35.3 Å². The van der Waals surface area contributed by atoms with E-state index in [-0.39, 0.29) is 30.2 Å². The fraction of sp³-hybridized carbons (Fsp3) is 0.194. The lowest BCUT2D eigenvalue weighted by atomic mass is 9.87. The molecule has 4 N–H and O–H groups in total. The van der Waals surface area contributed by atoms with E-state index in [4.69, 9.17) is 15.6 Å². The quantitative estimate of drug-likeness (QED) is 0.214. The zero-order valence-corrected chi connectivity index (χ0v) is 24.2. The van der Waals surface area contributed by atoms with Crippen LogP contribution in [0.25, 0.3) is 26.3 Å². The number of thiazole rings is 1. The number of nitrogens with zero attached hydrogens (tertiary/aromatic N) is 5. The normalized spacial score (nSPS) is 11.8. The third kappa shape index (κ3) is 4.93. The number of rotatable bonds is 7. The molecule has 0 saturated heterocycles. The molecule has 3 aromatic heterocycles. The monoisotopic (exact) mass is 582 g/mol. The van der Waals surface area contributed by atoms with E-state index < -0.39 is 6.03 Å². The van der Waals surface area contributed by atoms with Gasteiger partial charge in [0.25, 0.3) is 0 Å². The van der Waals surface area contributed by atoms with Gasteiger partial charge >= 0.3 is 6.03 Å². The maximum absolute atomic E-state index is 12.8. The first-order chi connectivity index (χ1) is 20.1. The molecule has 6 rings (SSSR count). The molecular formula is C31H30N6O4S. The van der Waals surface area contributed by atoms with Gasteiger partial charge in [0.1, 0.15) is 17.2 Å². The molecule has 3 heterocycles. The van der Waals surface area contributed by atoms with Crippen LogP contribution in [0.2, 0.25) is 0 Å². The summed E-state index contributed by atoms with van der Waals surface area (Å²) in [6.45, 7) is 5.91. The summed E-state index contributed by atoms with van der Waals surface area (Å²) in [5.41, 5.74) is 10.1. The minimum absolute atomic E-state index is 0.0609. The Balaban J connectivity index is 1.37. The predicted octanol–water partition coefficient (Wildman–Crippen LogP) is 5.92. The van der Waals surface area contributed by atoms with Crippen LogP contribution in [0, 0.1) is 0 Å². The van der Waals surface area contributed by atoms with Crippen LogP contribution in [0.5, 0.6) is 17.4 Å². The lowest BCUT2D eigenvalue weighted by molar-refractivity contribution is 0.246. The number of para-hydroxylation sites is 2. The van der Waals surface area contributed by atoms with Gasteiger partial charge in [-0.25, -0.2) is 9.80 Å². The van der Waals surface area contributed by atoms with Crippen LogP contribution in [0.1, 0.15) is 37.7 Å². The lowest BCUT2D eigenvalue weighted by Gasteiger charge is -2.22. The Morgan fingerprint density at radius 1 is 1.05 bits per heavy atom. The molecule has 10 nitrogen and oxygen atoms in total. The molecule has 0 aliphatic heterocycles. The van der Waals surface area contributed by atoms with Crippen LogP contribution >= 0.6 is 11.3 Å². The largest absolute Gasteiger partial charge is 0.508 e. The van der Waals surface area contributed by atoms with E-state index in [2.05, 4.69) is 4.98 Å². The maximum Gasteiger partial charge on any atom is 0.335 e. The molecule has 0 radical (unpaired) electrons. The molecule has 0 aliphatic rings. The Kier molecular flexibility index (Phi) is 6.83. The van der Waals surface area contributed by atoms with Gasteiger partial charge in [0.15, 0.2) is 4.96 Å². The second kappa shape index (κ2) is 10.5. The van der Waals surface area contributed by atoms with Crippen LogP contribution in [0.3, 0.4) is 0 Å². The summed E-state index contributed by atoms with van der Waals surface area (Å²) in [5, 5.41) is 26.2. The molecule has 0 saturated carbocycles. The van der Waals surface area contributed by atoms with Gasteiger partial charge in [-0.3, -0.25) is 4.40 Å². The average molecular weight is 583 g/mol. The second-order valence-electron chi connectivity index (χ2n) is 10.9. The van der Waals surface area contributed by atoms with E-state index in [1.807, 2.05) is 67.6 Å². The van der Waals surface area contributed by atoms with Crippen molar-refractivity contribution in [2.45, 2.75) is 39.3 Å². The number of phenolic OH excluding ortho intramolecular Hbond substituents is 1. The van der Waals surface area contributed by atoms with Crippen molar-refractivity contribution in [1.29, 1.82) is 0 Å². The first-order valence-electron chi connectivity index (χ1n) is 13.4. The number of fused-ring (bicyclic) bond motifs is 3. The van der Waals surface area contributed by atoms with E-state index in [0.29, 0.717) is 22.0 Å². The second-order valence-corrected chi connectivity index (χ2v) is 11.9. The number of imidazole rings is 1. The molecule has 0 bridgehead atoms. The fourth-order valence-electron chi connectivity index (χ4n) is 4.92. The van der Waals surface area contributed by atoms with Crippen LogP contribution in [0.15, 0.2) is 79.0 Å². The predicted molar refractivity (Wildman–Crippen MR) is 163 cm³/mol. The standard InChI is InChI=1S/C31H30N6O4S/c1-31(2,3)27-22(19-12-14-21(39)15-13-19)17-36(34-27)35(29(32)40)16-20-8-4-6-10-25(20)41-28-24(18-38)37-23-9-5-7-11-26(23)42-30(37)33-28/h4-15,17,38-39H,16,18H2,1-3H3,(H2,32,40). The minimum Gasteiger partial charge on any atom is -0.508 e. The molecule has 0 atom stereocenters. The summed E-state index contributed by atoms with van der Waals surface area (Å²) >= 11 is 1.51. The molecule has 11 heteroatoms. The third-order valence-corrected chi connectivity index (χ3v) is 7.98. The number of aromatic hydroxyl groups is 1. The molecule has 0 spiro atoms. The van der Waals surface area contributed by atoms with Crippen molar-refractivity contribution in [1.82, 2.24) is 19.3 Å². The van der Waals surface area contributed by atoms with Gasteiger partial charge in [-0.05, 0) is 35.9 Å². The van der Waals surface area contributed by atoms with Crippen molar-refractivity contribution in [2.75, 3.05) is 5.01 Å². The molecular weight excluding hydrogens is 552 g/mol. The van der Waals surface area contributed by atoms with Crippen molar-refractivity contribution in [3.8, 4) is 28.5 Å². The SMILES string of the molecule is CC(C)(C)c1nn(N(Cc2ccccc2Oc2nc3sc4ccccc4n3c2CO)C(N)=O)cc1-c1ccc(O)cc1. The number of nitrogens with two attached hydrogens (primary N) is 1. The van der Waals surface area contributed by atoms with E-state index in [0.717, 1.165) is 27.0 Å². The summed E-state index contributed by atoms with van der Waals surface area (Å²) in [7, 11) is 0. The highest BCUT2D eigenvalue weighted by atomic mass is 32.1. The number of hydrogen-bond donors (Lipinski definition) is 3. The van der Waals surface area contributed by atoms with Crippen LogP contribution < -0.4 is 15.5 Å². The topological polar surface area (TPSA) is 131 Å². The number of aromatic nitrogens is 4. The molecule has 42 heavy (non-hydrogen) atoms. The van der Waals surface area contributed by atoms with Crippen molar-refractivity contribution < 1.29 is 19.7 Å². The molecule has 2 amide bonds. The summed E-state index contributed by atoms with van der Waals surface area (Å²) in [4.78, 5) is 19.6. The minimum atomic E-state index is -0.699. The number of ether oxygens (including phenoxy) is 1. The number of urea groups is 1. The Bertz CT molecular complexity index is 1920. The Morgan fingerprint density at radius 2 is 1.76 bits per heavy atom. The number of carbonyl (C=O) groups excluding carboxylic acids is 1. The zero-order valence-electron chi connectivity index (χ0n) is 23.4. The molecule has 0 unspecified atom stereocenters. The lowest BCUT2D eigenvalue weighted by Crippen LogP contribution is -2.44. The van der Waals surface area contributed by atoms with Crippen LogP contribution in [-0.4, -0.2) is 35.5 Å². The summed E-state index contributed by atoms with van der Waals surface area (Å²) in [6.07, 6.45) is 1.76. The van der Waals surface area contributed by atoms with Gasteiger partial charge in [-0.15, -0.1) is 0 Å². The van der Waals surface area contributed by atoms with E-state index in [9.17, 15) is 15.0 Å². The number of phenols is 1. The number of amides is 2. The Labute approximate surface area is 245 Å². The highest BCUT2D eigenvalue weighted by molar-refractivity contribution is 7.23. The van der Waals surface area contributed by atoms with Gasteiger partial charge in [0.2, 0.25) is 5.88 Å². The fourth-order valence-corrected chi connectivity index (χ4v) is 5.95. The van der Waals surface area contributed by atoms with E-state index in [1.54, 1.807) is 36.5 Å². The van der Waals surface area contributed by atoms with E-state index >= 15 is 0 Å². The molecule has 0 aliphatic carbocycles. The first-order valence-corrected chi connectivity index (χ1v) is 14.2. The number of carbonyl (C=O) groups is 1. The number of hydrogen-bond acceptors (Lipinski definition) is 7. The molecule has 214 valence electrons. The smallest absolute Gasteiger partial charge is 0.335 e. The van der Waals surface area contributed by atoms with Gasteiger partial charge < -0.3 is 20.7 Å². The molecule has 0 fully saturated rings. The zero-order chi connectivity index (χ0) is 29.6. The Hall–Kier alpha value is -4.87. The number of primary amides is 1. The van der Waals surface area contributed by atoms with Crippen molar-refractivity contribution in [3.05, 3.63) is 95.9 Å².